The largest absolute Gasteiger partial charge is 0.450 e. The highest BCUT2D eigenvalue weighted by Crippen LogP contribution is 2.23. The predicted molar refractivity (Wildman–Crippen MR) is 104 cm³/mol. The molecule has 0 fully saturated rings. The van der Waals surface area contributed by atoms with Crippen molar-refractivity contribution in [2.75, 3.05) is 13.2 Å². The molecule has 3 rings (SSSR count). The van der Waals surface area contributed by atoms with Crippen LogP contribution in [0.5, 0.6) is 0 Å². The maximum atomic E-state index is 12.5. The molecule has 0 saturated heterocycles. The van der Waals surface area contributed by atoms with Crippen LogP contribution >= 0.6 is 11.3 Å². The first kappa shape index (κ1) is 21.7. The highest BCUT2D eigenvalue weighted by atomic mass is 32.2. The van der Waals surface area contributed by atoms with Crippen molar-refractivity contribution < 1.29 is 31.6 Å². The number of primary sulfonamides is 1. The van der Waals surface area contributed by atoms with Gasteiger partial charge in [0.25, 0.3) is 21.8 Å². The van der Waals surface area contributed by atoms with Gasteiger partial charge in [-0.05, 0) is 30.0 Å². The second-order valence-electron chi connectivity index (χ2n) is 6.03. The van der Waals surface area contributed by atoms with E-state index in [1.807, 2.05) is 24.4 Å². The number of amides is 1. The van der Waals surface area contributed by atoms with Crippen molar-refractivity contribution >= 4 is 33.2 Å². The van der Waals surface area contributed by atoms with Crippen molar-refractivity contribution in [1.29, 1.82) is 0 Å². The Labute approximate surface area is 175 Å². The smallest absolute Gasteiger partial charge is 0.374 e. The van der Waals surface area contributed by atoms with E-state index in [-0.39, 0.29) is 18.2 Å². The normalized spacial score (nSPS) is 11.4. The maximum Gasteiger partial charge on any atom is 0.374 e. The molecule has 3 heterocycles. The molecule has 0 saturated carbocycles. The molecule has 0 aromatic carbocycles. The molecule has 0 bridgehead atoms. The van der Waals surface area contributed by atoms with Crippen LogP contribution in [0.2, 0.25) is 0 Å². The molecule has 13 heteroatoms. The quantitative estimate of drug-likeness (QED) is 0.474. The Morgan fingerprint density at radius 2 is 2.03 bits per heavy atom. The van der Waals surface area contributed by atoms with E-state index in [9.17, 15) is 18.0 Å². The van der Waals surface area contributed by atoms with Gasteiger partial charge in [-0.1, -0.05) is 13.0 Å². The van der Waals surface area contributed by atoms with E-state index in [2.05, 4.69) is 10.2 Å². The Balaban J connectivity index is 1.60. The number of esters is 1. The minimum absolute atomic E-state index is 0.0545. The van der Waals surface area contributed by atoms with E-state index < -0.39 is 33.6 Å². The van der Waals surface area contributed by atoms with Gasteiger partial charge in [-0.25, -0.2) is 18.4 Å². The van der Waals surface area contributed by atoms with E-state index >= 15 is 0 Å². The molecule has 160 valence electrons. The first-order valence-electron chi connectivity index (χ1n) is 8.71. The first-order valence-corrected chi connectivity index (χ1v) is 11.1. The van der Waals surface area contributed by atoms with Gasteiger partial charge in [0.05, 0.1) is 11.4 Å². The average Bonchev–Trinajstić information content (AvgIpc) is 3.45. The number of nitrogens with zero attached hydrogens (tertiary/aromatic N) is 3. The SMILES string of the molecule is CCCN(Cc1nnc(-c2cccs2)o1)C(=O)COC(=O)c1ccc(S(N)(=O)=O)o1. The van der Waals surface area contributed by atoms with Gasteiger partial charge in [0, 0.05) is 6.54 Å². The molecule has 0 aliphatic heterocycles. The number of hydrogen-bond donors (Lipinski definition) is 1. The molecule has 1 amide bonds. The van der Waals surface area contributed by atoms with Gasteiger partial charge >= 0.3 is 5.97 Å². The molecule has 0 aliphatic rings. The molecule has 3 aromatic heterocycles. The van der Waals surface area contributed by atoms with Crippen molar-refractivity contribution in [1.82, 2.24) is 15.1 Å². The van der Waals surface area contributed by atoms with Gasteiger partial charge in [0.2, 0.25) is 16.7 Å². The Morgan fingerprint density at radius 1 is 1.23 bits per heavy atom. The van der Waals surface area contributed by atoms with Gasteiger partial charge in [0.15, 0.2) is 6.61 Å². The number of nitrogens with two attached hydrogens (primary N) is 1. The summed E-state index contributed by atoms with van der Waals surface area (Å²) in [6.45, 7) is 1.74. The van der Waals surface area contributed by atoms with Crippen LogP contribution in [0, 0.1) is 0 Å². The van der Waals surface area contributed by atoms with Gasteiger partial charge in [-0.3, -0.25) is 4.79 Å². The van der Waals surface area contributed by atoms with E-state index in [4.69, 9.17) is 18.7 Å². The minimum Gasteiger partial charge on any atom is -0.450 e. The average molecular weight is 454 g/mol. The zero-order valence-electron chi connectivity index (χ0n) is 15.8. The molecule has 3 aromatic rings. The molecule has 0 unspecified atom stereocenters. The van der Waals surface area contributed by atoms with Crippen LogP contribution in [0.3, 0.4) is 0 Å². The number of carbonyl (C=O) groups is 2. The van der Waals surface area contributed by atoms with Crippen molar-refractivity contribution in [3.05, 3.63) is 41.3 Å². The lowest BCUT2D eigenvalue weighted by atomic mass is 10.4. The summed E-state index contributed by atoms with van der Waals surface area (Å²) in [5.74, 6) is -1.26. The fourth-order valence-corrected chi connectivity index (χ4v) is 3.52. The maximum absolute atomic E-state index is 12.5. The lowest BCUT2D eigenvalue weighted by Gasteiger charge is -2.19. The Kier molecular flexibility index (Phi) is 6.64. The second kappa shape index (κ2) is 9.19. The van der Waals surface area contributed by atoms with Crippen LogP contribution in [-0.2, 0) is 26.1 Å². The number of ether oxygens (including phenoxy) is 1. The third-order valence-corrected chi connectivity index (χ3v) is 5.40. The summed E-state index contributed by atoms with van der Waals surface area (Å²) in [6.07, 6.45) is 0.654. The van der Waals surface area contributed by atoms with Crippen molar-refractivity contribution in [2.45, 2.75) is 25.0 Å². The Bertz CT molecular complexity index is 1120. The van der Waals surface area contributed by atoms with Crippen LogP contribution in [0.4, 0.5) is 0 Å². The van der Waals surface area contributed by atoms with E-state index in [0.717, 1.165) is 17.0 Å². The van der Waals surface area contributed by atoms with Crippen LogP contribution in [0.25, 0.3) is 10.8 Å². The molecule has 0 atom stereocenters. The van der Waals surface area contributed by atoms with Crippen LogP contribution < -0.4 is 5.14 Å². The van der Waals surface area contributed by atoms with E-state index in [0.29, 0.717) is 18.9 Å². The molecular formula is C17H18N4O7S2. The third-order valence-electron chi connectivity index (χ3n) is 3.76. The first-order chi connectivity index (χ1) is 14.3. The summed E-state index contributed by atoms with van der Waals surface area (Å²) in [5, 5.41) is 14.1. The number of hydrogen-bond acceptors (Lipinski definition) is 10. The Morgan fingerprint density at radius 3 is 2.67 bits per heavy atom. The van der Waals surface area contributed by atoms with Gasteiger partial charge < -0.3 is 18.5 Å². The molecule has 11 nitrogen and oxygen atoms in total. The summed E-state index contributed by atoms with van der Waals surface area (Å²) in [4.78, 5) is 26.7. The number of sulfonamides is 1. The predicted octanol–water partition coefficient (Wildman–Crippen LogP) is 1.63. The van der Waals surface area contributed by atoms with Gasteiger partial charge in [0.1, 0.15) is 0 Å². The summed E-state index contributed by atoms with van der Waals surface area (Å²) in [6, 6.07) is 5.82. The second-order valence-corrected chi connectivity index (χ2v) is 8.47. The number of rotatable bonds is 9. The fourth-order valence-electron chi connectivity index (χ4n) is 2.41. The lowest BCUT2D eigenvalue weighted by molar-refractivity contribution is -0.135. The number of carbonyl (C=O) groups excluding carboxylic acids is 2. The van der Waals surface area contributed by atoms with Crippen LogP contribution in [0.1, 0.15) is 29.8 Å². The fraction of sp³-hybridized carbons (Fsp3) is 0.294. The summed E-state index contributed by atoms with van der Waals surface area (Å²) in [7, 11) is -4.09. The number of furan rings is 1. The van der Waals surface area contributed by atoms with Gasteiger partial charge in [-0.15, -0.1) is 21.5 Å². The molecule has 0 radical (unpaired) electrons. The van der Waals surface area contributed by atoms with Gasteiger partial charge in [-0.2, -0.15) is 0 Å². The van der Waals surface area contributed by atoms with Crippen molar-refractivity contribution in [3.63, 3.8) is 0 Å². The molecule has 2 N–H and O–H groups in total. The minimum atomic E-state index is -4.09. The zero-order valence-corrected chi connectivity index (χ0v) is 17.4. The molecular weight excluding hydrogens is 436 g/mol. The summed E-state index contributed by atoms with van der Waals surface area (Å²) >= 11 is 1.45. The van der Waals surface area contributed by atoms with Crippen LogP contribution in [0.15, 0.2) is 43.6 Å². The number of aromatic nitrogens is 2. The monoisotopic (exact) mass is 454 g/mol. The summed E-state index contributed by atoms with van der Waals surface area (Å²) in [5.41, 5.74) is 0. The topological polar surface area (TPSA) is 159 Å². The molecule has 30 heavy (non-hydrogen) atoms. The molecule has 0 spiro atoms. The zero-order chi connectivity index (χ0) is 21.7. The lowest BCUT2D eigenvalue weighted by Crippen LogP contribution is -2.35. The third kappa shape index (κ3) is 5.31. The standard InChI is InChI=1S/C17H18N4O7S2/c1-2-7-21(9-13-19-20-16(28-13)12-4-3-8-29-12)14(22)10-26-17(23)11-5-6-15(27-11)30(18,24)25/h3-6,8H,2,7,9-10H2,1H3,(H2,18,24,25). The highest BCUT2D eigenvalue weighted by molar-refractivity contribution is 7.89. The highest BCUT2D eigenvalue weighted by Gasteiger charge is 2.22. The van der Waals surface area contributed by atoms with Crippen molar-refractivity contribution in [3.8, 4) is 10.8 Å². The number of thiophene rings is 1. The van der Waals surface area contributed by atoms with E-state index in [1.54, 1.807) is 0 Å². The summed E-state index contributed by atoms with van der Waals surface area (Å²) < 4.78 is 37.7. The van der Waals surface area contributed by atoms with Crippen molar-refractivity contribution in [2.24, 2.45) is 5.14 Å². The Hall–Kier alpha value is -3.03. The van der Waals surface area contributed by atoms with E-state index in [1.165, 1.54) is 16.2 Å². The molecule has 0 aliphatic carbocycles. The van der Waals surface area contributed by atoms with Crippen LogP contribution in [-0.4, -0.2) is 48.5 Å².